The minimum atomic E-state index is 0.138. The molecule has 2 aromatic heterocycles. The van der Waals surface area contributed by atoms with Gasteiger partial charge in [-0.1, -0.05) is 28.1 Å². The third kappa shape index (κ3) is 4.02. The second-order valence-corrected chi connectivity index (χ2v) is 7.95. The zero-order valence-electron chi connectivity index (χ0n) is 13.5. The van der Waals surface area contributed by atoms with Gasteiger partial charge in [-0.15, -0.1) is 11.3 Å². The number of amides is 1. The number of benzene rings is 1. The van der Waals surface area contributed by atoms with Gasteiger partial charge in [0.2, 0.25) is 5.91 Å². The molecule has 4 rings (SSSR count). The number of nitrogens with zero attached hydrogens (tertiary/aromatic N) is 2. The minimum Gasteiger partial charge on any atom is -0.462 e. The predicted octanol–water partition coefficient (Wildman–Crippen LogP) is 4.90. The monoisotopic (exact) mass is 416 g/mol. The lowest BCUT2D eigenvalue weighted by Gasteiger charge is -2.22. The standard InChI is InChI=1S/C19H17BrN2O2S/c20-14-4-1-3-13(9-14)11-22(16-6-7-16)18(23)10-15-12-25-19(21-15)17-5-2-8-24-17/h1-5,8-9,12,16H,6-7,10-11H2. The lowest BCUT2D eigenvalue weighted by molar-refractivity contribution is -0.131. The fourth-order valence-corrected chi connectivity index (χ4v) is 4.03. The van der Waals surface area contributed by atoms with Crippen LogP contribution < -0.4 is 0 Å². The predicted molar refractivity (Wildman–Crippen MR) is 101 cm³/mol. The van der Waals surface area contributed by atoms with E-state index in [9.17, 15) is 4.79 Å². The average molecular weight is 417 g/mol. The van der Waals surface area contributed by atoms with Crippen LogP contribution in [0.1, 0.15) is 24.1 Å². The van der Waals surface area contributed by atoms with E-state index in [1.54, 1.807) is 6.26 Å². The van der Waals surface area contributed by atoms with Crippen LogP contribution in [0.25, 0.3) is 10.8 Å². The van der Waals surface area contributed by atoms with Gasteiger partial charge < -0.3 is 9.32 Å². The molecule has 3 aromatic rings. The van der Waals surface area contributed by atoms with E-state index in [1.807, 2.05) is 34.5 Å². The number of hydrogen-bond acceptors (Lipinski definition) is 4. The lowest BCUT2D eigenvalue weighted by Crippen LogP contribution is -2.33. The second kappa shape index (κ2) is 7.14. The summed E-state index contributed by atoms with van der Waals surface area (Å²) in [4.78, 5) is 19.4. The Morgan fingerprint density at radius 1 is 1.32 bits per heavy atom. The highest BCUT2D eigenvalue weighted by Gasteiger charge is 2.32. The largest absolute Gasteiger partial charge is 0.462 e. The summed E-state index contributed by atoms with van der Waals surface area (Å²) in [6.07, 6.45) is 4.15. The van der Waals surface area contributed by atoms with E-state index < -0.39 is 0 Å². The van der Waals surface area contributed by atoms with Gasteiger partial charge in [-0.3, -0.25) is 4.79 Å². The number of furan rings is 1. The molecule has 0 spiro atoms. The fraction of sp³-hybridized carbons (Fsp3) is 0.263. The molecule has 1 saturated carbocycles. The van der Waals surface area contributed by atoms with Crippen molar-refractivity contribution in [3.05, 3.63) is 63.8 Å². The van der Waals surface area contributed by atoms with Gasteiger partial charge in [0.15, 0.2) is 10.8 Å². The topological polar surface area (TPSA) is 46.3 Å². The van der Waals surface area contributed by atoms with Crippen LogP contribution in [0.5, 0.6) is 0 Å². The van der Waals surface area contributed by atoms with Crippen LogP contribution in [0.4, 0.5) is 0 Å². The Morgan fingerprint density at radius 2 is 2.20 bits per heavy atom. The molecule has 0 unspecified atom stereocenters. The van der Waals surface area contributed by atoms with Crippen molar-refractivity contribution in [2.24, 2.45) is 0 Å². The molecule has 4 nitrogen and oxygen atoms in total. The van der Waals surface area contributed by atoms with Gasteiger partial charge in [0.1, 0.15) is 0 Å². The molecule has 0 bridgehead atoms. The summed E-state index contributed by atoms with van der Waals surface area (Å²) in [5.41, 5.74) is 1.95. The maximum atomic E-state index is 12.8. The van der Waals surface area contributed by atoms with Crippen LogP contribution in [-0.2, 0) is 17.8 Å². The van der Waals surface area contributed by atoms with Crippen molar-refractivity contribution >= 4 is 33.2 Å². The number of thiazole rings is 1. The van der Waals surface area contributed by atoms with Crippen molar-refractivity contribution in [3.63, 3.8) is 0 Å². The molecular weight excluding hydrogens is 400 g/mol. The fourth-order valence-electron chi connectivity index (χ4n) is 2.80. The zero-order valence-corrected chi connectivity index (χ0v) is 15.9. The van der Waals surface area contributed by atoms with Crippen molar-refractivity contribution in [1.29, 1.82) is 0 Å². The first kappa shape index (κ1) is 16.5. The van der Waals surface area contributed by atoms with Crippen molar-refractivity contribution < 1.29 is 9.21 Å². The van der Waals surface area contributed by atoms with Crippen molar-refractivity contribution in [3.8, 4) is 10.8 Å². The van der Waals surface area contributed by atoms with Crippen molar-refractivity contribution in [2.75, 3.05) is 0 Å². The molecule has 0 atom stereocenters. The molecule has 0 saturated heterocycles. The molecule has 1 fully saturated rings. The molecule has 1 aromatic carbocycles. The summed E-state index contributed by atoms with van der Waals surface area (Å²) in [6, 6.07) is 12.2. The molecular formula is C19H17BrN2O2S. The molecule has 128 valence electrons. The second-order valence-electron chi connectivity index (χ2n) is 6.18. The highest BCUT2D eigenvalue weighted by molar-refractivity contribution is 9.10. The first-order valence-electron chi connectivity index (χ1n) is 8.21. The molecule has 2 heterocycles. The Labute approximate surface area is 158 Å². The summed E-state index contributed by atoms with van der Waals surface area (Å²) in [5, 5.41) is 2.76. The molecule has 1 amide bonds. The van der Waals surface area contributed by atoms with Crippen molar-refractivity contribution in [1.82, 2.24) is 9.88 Å². The summed E-state index contributed by atoms with van der Waals surface area (Å²) in [6.45, 7) is 0.651. The number of rotatable bonds is 6. The quantitative estimate of drug-likeness (QED) is 0.573. The maximum absolute atomic E-state index is 12.8. The Kier molecular flexibility index (Phi) is 4.72. The highest BCUT2D eigenvalue weighted by atomic mass is 79.9. The lowest BCUT2D eigenvalue weighted by atomic mass is 10.2. The van der Waals surface area contributed by atoms with Gasteiger partial charge in [-0.25, -0.2) is 4.98 Å². The van der Waals surface area contributed by atoms with E-state index in [4.69, 9.17) is 4.42 Å². The van der Waals surface area contributed by atoms with Crippen LogP contribution in [0.3, 0.4) is 0 Å². The Bertz CT molecular complexity index is 871. The van der Waals surface area contributed by atoms with Crippen LogP contribution in [0.15, 0.2) is 56.9 Å². The molecule has 0 N–H and O–H groups in total. The summed E-state index contributed by atoms with van der Waals surface area (Å²) in [5.74, 6) is 0.885. The number of carbonyl (C=O) groups excluding carboxylic acids is 1. The molecule has 6 heteroatoms. The average Bonchev–Trinajstić information content (AvgIpc) is 3.08. The summed E-state index contributed by atoms with van der Waals surface area (Å²) in [7, 11) is 0. The summed E-state index contributed by atoms with van der Waals surface area (Å²) >= 11 is 5.01. The van der Waals surface area contributed by atoms with E-state index in [-0.39, 0.29) is 5.91 Å². The van der Waals surface area contributed by atoms with Gasteiger partial charge in [0.05, 0.1) is 18.4 Å². The SMILES string of the molecule is O=C(Cc1csc(-c2ccco2)n1)N(Cc1cccc(Br)c1)C1CC1. The Balaban J connectivity index is 1.46. The van der Waals surface area contributed by atoms with Gasteiger partial charge >= 0.3 is 0 Å². The maximum Gasteiger partial charge on any atom is 0.229 e. The van der Waals surface area contributed by atoms with Crippen LogP contribution >= 0.6 is 27.3 Å². The molecule has 25 heavy (non-hydrogen) atoms. The molecule has 0 radical (unpaired) electrons. The first-order valence-corrected chi connectivity index (χ1v) is 9.88. The van der Waals surface area contributed by atoms with E-state index >= 15 is 0 Å². The third-order valence-electron chi connectivity index (χ3n) is 4.17. The van der Waals surface area contributed by atoms with Gasteiger partial charge in [0.25, 0.3) is 0 Å². The number of hydrogen-bond donors (Lipinski definition) is 0. The highest BCUT2D eigenvalue weighted by Crippen LogP contribution is 2.30. The Morgan fingerprint density at radius 3 is 2.92 bits per heavy atom. The van der Waals surface area contributed by atoms with E-state index in [0.717, 1.165) is 39.3 Å². The number of aromatic nitrogens is 1. The first-order chi connectivity index (χ1) is 12.2. The number of carbonyl (C=O) groups is 1. The van der Waals surface area contributed by atoms with E-state index in [1.165, 1.54) is 11.3 Å². The van der Waals surface area contributed by atoms with E-state index in [0.29, 0.717) is 19.0 Å². The van der Waals surface area contributed by atoms with Crippen LogP contribution in [0, 0.1) is 0 Å². The summed E-state index contributed by atoms with van der Waals surface area (Å²) < 4.78 is 6.41. The Hall–Kier alpha value is -1.92. The zero-order chi connectivity index (χ0) is 17.2. The minimum absolute atomic E-state index is 0.138. The third-order valence-corrected chi connectivity index (χ3v) is 5.56. The smallest absolute Gasteiger partial charge is 0.229 e. The van der Waals surface area contributed by atoms with Crippen LogP contribution in [-0.4, -0.2) is 21.8 Å². The number of halogens is 1. The van der Waals surface area contributed by atoms with Crippen LogP contribution in [0.2, 0.25) is 0 Å². The molecule has 1 aliphatic carbocycles. The van der Waals surface area contributed by atoms with Gasteiger partial charge in [-0.05, 0) is 42.7 Å². The van der Waals surface area contributed by atoms with E-state index in [2.05, 4.69) is 33.0 Å². The van der Waals surface area contributed by atoms with Crippen molar-refractivity contribution in [2.45, 2.75) is 31.8 Å². The van der Waals surface area contributed by atoms with Gasteiger partial charge in [0, 0.05) is 22.4 Å². The molecule has 0 aliphatic heterocycles. The van der Waals surface area contributed by atoms with Gasteiger partial charge in [-0.2, -0.15) is 0 Å². The normalized spacial score (nSPS) is 13.8. The molecule has 1 aliphatic rings.